The van der Waals surface area contributed by atoms with Gasteiger partial charge in [-0.3, -0.25) is 0 Å². The summed E-state index contributed by atoms with van der Waals surface area (Å²) >= 11 is 0. The van der Waals surface area contributed by atoms with Crippen molar-refractivity contribution in [1.29, 1.82) is 0 Å². The van der Waals surface area contributed by atoms with Crippen LogP contribution in [0.2, 0.25) is 0 Å². The van der Waals surface area contributed by atoms with Gasteiger partial charge in [-0.1, -0.05) is 13.3 Å². The van der Waals surface area contributed by atoms with Crippen molar-refractivity contribution >= 4 is 0 Å². The molecule has 2 nitrogen and oxygen atoms in total. The van der Waals surface area contributed by atoms with Gasteiger partial charge in [0.05, 0.1) is 0 Å². The van der Waals surface area contributed by atoms with Crippen LogP contribution in [0.1, 0.15) is 26.2 Å². The van der Waals surface area contributed by atoms with Gasteiger partial charge in [0.15, 0.2) is 0 Å². The zero-order valence-electron chi connectivity index (χ0n) is 7.16. The summed E-state index contributed by atoms with van der Waals surface area (Å²) in [5, 5.41) is 18.0. The average Bonchev–Trinajstić information content (AvgIpc) is 2.04. The summed E-state index contributed by atoms with van der Waals surface area (Å²) in [4.78, 5) is 0. The first-order chi connectivity index (χ1) is 5.27. The molecule has 0 bridgehead atoms. The molecule has 0 heterocycles. The van der Waals surface area contributed by atoms with Crippen LogP contribution in [-0.4, -0.2) is 23.4 Å². The van der Waals surface area contributed by atoms with Crippen LogP contribution in [0.5, 0.6) is 0 Å². The van der Waals surface area contributed by atoms with Crippen LogP contribution in [0.25, 0.3) is 0 Å². The summed E-state index contributed by atoms with van der Waals surface area (Å²) in [6.45, 7) is 2.71. The van der Waals surface area contributed by atoms with E-state index in [0.29, 0.717) is 11.8 Å². The number of hydrogen-bond acceptors (Lipinski definition) is 2. The third-order valence-electron chi connectivity index (χ3n) is 2.87. The van der Waals surface area contributed by atoms with Gasteiger partial charge in [0.25, 0.3) is 0 Å². The fraction of sp³-hybridized carbons (Fsp3) is 1.00. The molecule has 0 unspecified atom stereocenters. The standard InChI is InChI=1S/C9H18O2/c1-7-2-3-8(5-10)9(4-7)6-11/h7-11H,2-6H2,1H3/t7-,8-,9-/m0/s1. The predicted octanol–water partition coefficient (Wildman–Crippen LogP) is 1.02. The molecule has 0 saturated heterocycles. The van der Waals surface area contributed by atoms with Gasteiger partial charge in [-0.25, -0.2) is 0 Å². The highest BCUT2D eigenvalue weighted by molar-refractivity contribution is 4.77. The second-order valence-corrected chi connectivity index (χ2v) is 3.80. The van der Waals surface area contributed by atoms with E-state index >= 15 is 0 Å². The maximum Gasteiger partial charge on any atom is 0.0462 e. The van der Waals surface area contributed by atoms with Crippen LogP contribution < -0.4 is 0 Å². The van der Waals surface area contributed by atoms with Crippen molar-refractivity contribution < 1.29 is 10.2 Å². The molecular formula is C9H18O2. The molecule has 1 aliphatic carbocycles. The van der Waals surface area contributed by atoms with Crippen LogP contribution >= 0.6 is 0 Å². The zero-order chi connectivity index (χ0) is 8.27. The Morgan fingerprint density at radius 2 is 1.73 bits per heavy atom. The molecule has 1 fully saturated rings. The zero-order valence-corrected chi connectivity index (χ0v) is 7.16. The lowest BCUT2D eigenvalue weighted by molar-refractivity contribution is 0.0686. The summed E-state index contributed by atoms with van der Waals surface area (Å²) in [6.07, 6.45) is 3.38. The fourth-order valence-corrected chi connectivity index (χ4v) is 2.03. The summed E-state index contributed by atoms with van der Waals surface area (Å²) in [5.74, 6) is 1.44. The first kappa shape index (κ1) is 9.01. The fourth-order valence-electron chi connectivity index (χ4n) is 2.03. The predicted molar refractivity (Wildman–Crippen MR) is 44.2 cm³/mol. The van der Waals surface area contributed by atoms with Crippen molar-refractivity contribution in [3.63, 3.8) is 0 Å². The number of hydrogen-bond donors (Lipinski definition) is 2. The van der Waals surface area contributed by atoms with Gasteiger partial charge in [-0.2, -0.15) is 0 Å². The molecule has 0 aliphatic heterocycles. The summed E-state index contributed by atoms with van der Waals surface area (Å²) in [5.41, 5.74) is 0. The molecule has 1 rings (SSSR count). The molecule has 0 spiro atoms. The van der Waals surface area contributed by atoms with Crippen LogP contribution in [0.3, 0.4) is 0 Å². The number of aliphatic hydroxyl groups is 2. The lowest BCUT2D eigenvalue weighted by atomic mass is 9.75. The molecule has 2 heteroatoms. The van der Waals surface area contributed by atoms with Gasteiger partial charge < -0.3 is 10.2 Å². The first-order valence-corrected chi connectivity index (χ1v) is 4.49. The van der Waals surface area contributed by atoms with Crippen molar-refractivity contribution in [1.82, 2.24) is 0 Å². The van der Waals surface area contributed by atoms with Crippen molar-refractivity contribution in [2.24, 2.45) is 17.8 Å². The van der Waals surface area contributed by atoms with E-state index in [1.165, 1.54) is 6.42 Å². The molecule has 0 aromatic heterocycles. The molecule has 1 saturated carbocycles. The maximum absolute atomic E-state index is 9.00. The van der Waals surface area contributed by atoms with E-state index in [1.54, 1.807) is 0 Å². The normalized spacial score (nSPS) is 39.0. The van der Waals surface area contributed by atoms with Crippen molar-refractivity contribution in [2.45, 2.75) is 26.2 Å². The van der Waals surface area contributed by atoms with Crippen molar-refractivity contribution in [2.75, 3.05) is 13.2 Å². The first-order valence-electron chi connectivity index (χ1n) is 4.49. The maximum atomic E-state index is 9.00. The lowest BCUT2D eigenvalue weighted by Gasteiger charge is -2.32. The van der Waals surface area contributed by atoms with E-state index in [0.717, 1.165) is 18.8 Å². The third kappa shape index (κ3) is 2.17. The Morgan fingerprint density at radius 1 is 1.09 bits per heavy atom. The molecular weight excluding hydrogens is 140 g/mol. The monoisotopic (exact) mass is 158 g/mol. The highest BCUT2D eigenvalue weighted by Gasteiger charge is 2.27. The van der Waals surface area contributed by atoms with Crippen LogP contribution in [0.4, 0.5) is 0 Å². The second-order valence-electron chi connectivity index (χ2n) is 3.80. The molecule has 3 atom stereocenters. The van der Waals surface area contributed by atoms with E-state index in [2.05, 4.69) is 6.92 Å². The van der Waals surface area contributed by atoms with Crippen LogP contribution in [-0.2, 0) is 0 Å². The topological polar surface area (TPSA) is 40.5 Å². The third-order valence-corrected chi connectivity index (χ3v) is 2.87. The van der Waals surface area contributed by atoms with E-state index in [-0.39, 0.29) is 13.2 Å². The minimum absolute atomic E-state index is 0.246. The second kappa shape index (κ2) is 4.07. The van der Waals surface area contributed by atoms with Gasteiger partial charge in [0.1, 0.15) is 0 Å². The lowest BCUT2D eigenvalue weighted by Crippen LogP contribution is -2.28. The Kier molecular flexibility index (Phi) is 3.34. The van der Waals surface area contributed by atoms with Gasteiger partial charge in [0.2, 0.25) is 0 Å². The molecule has 0 amide bonds. The minimum atomic E-state index is 0.246. The van der Waals surface area contributed by atoms with E-state index < -0.39 is 0 Å². The van der Waals surface area contributed by atoms with E-state index in [4.69, 9.17) is 10.2 Å². The Hall–Kier alpha value is -0.0800. The Morgan fingerprint density at radius 3 is 2.27 bits per heavy atom. The number of aliphatic hydroxyl groups excluding tert-OH is 2. The molecule has 2 N–H and O–H groups in total. The Balaban J connectivity index is 2.41. The van der Waals surface area contributed by atoms with Crippen molar-refractivity contribution in [3.8, 4) is 0 Å². The molecule has 1 aliphatic rings. The quantitative estimate of drug-likeness (QED) is 0.630. The average molecular weight is 158 g/mol. The Bertz CT molecular complexity index is 114. The SMILES string of the molecule is C[C@H]1CC[C@@H](CO)[C@H](CO)C1. The molecule has 0 radical (unpaired) electrons. The van der Waals surface area contributed by atoms with Gasteiger partial charge in [-0.15, -0.1) is 0 Å². The summed E-state index contributed by atoms with van der Waals surface area (Å²) in [6, 6.07) is 0. The van der Waals surface area contributed by atoms with E-state index in [1.807, 2.05) is 0 Å². The smallest absolute Gasteiger partial charge is 0.0462 e. The van der Waals surface area contributed by atoms with Crippen LogP contribution in [0.15, 0.2) is 0 Å². The summed E-state index contributed by atoms with van der Waals surface area (Å²) < 4.78 is 0. The van der Waals surface area contributed by atoms with Crippen molar-refractivity contribution in [3.05, 3.63) is 0 Å². The molecule has 66 valence electrons. The number of rotatable bonds is 2. The Labute approximate surface area is 68.2 Å². The van der Waals surface area contributed by atoms with E-state index in [9.17, 15) is 0 Å². The highest BCUT2D eigenvalue weighted by atomic mass is 16.3. The van der Waals surface area contributed by atoms with Gasteiger partial charge in [0, 0.05) is 13.2 Å². The minimum Gasteiger partial charge on any atom is -0.396 e. The van der Waals surface area contributed by atoms with Gasteiger partial charge in [-0.05, 0) is 30.6 Å². The van der Waals surface area contributed by atoms with Crippen LogP contribution in [0, 0.1) is 17.8 Å². The molecule has 11 heavy (non-hydrogen) atoms. The summed E-state index contributed by atoms with van der Waals surface area (Å²) in [7, 11) is 0. The molecule has 0 aromatic carbocycles. The largest absolute Gasteiger partial charge is 0.396 e. The van der Waals surface area contributed by atoms with Gasteiger partial charge >= 0.3 is 0 Å². The highest BCUT2D eigenvalue weighted by Crippen LogP contribution is 2.32. The molecule has 0 aromatic rings.